The molecule has 0 unspecified atom stereocenters. The number of benzene rings is 3. The van der Waals surface area contributed by atoms with E-state index in [9.17, 15) is 4.79 Å². The third-order valence-electron chi connectivity index (χ3n) is 4.27. The first-order valence-corrected chi connectivity index (χ1v) is 9.28. The predicted molar refractivity (Wildman–Crippen MR) is 113 cm³/mol. The minimum atomic E-state index is -0.268. The Labute approximate surface area is 170 Å². The fraction of sp³-hybridized carbons (Fsp3) is 0.174. The van der Waals surface area contributed by atoms with Crippen LogP contribution in [-0.4, -0.2) is 13.0 Å². The Morgan fingerprint density at radius 1 is 1.00 bits per heavy atom. The smallest absolute Gasteiger partial charge is 0.255 e. The molecule has 0 spiro atoms. The number of hydrogen-bond acceptors (Lipinski definition) is 3. The SMILES string of the molecule is COc1cc(C(=O)Nc2cccc(C)c2)cc(Cl)c1OCc1ccc(C)cc1. The maximum Gasteiger partial charge on any atom is 0.255 e. The summed E-state index contributed by atoms with van der Waals surface area (Å²) >= 11 is 6.39. The molecule has 4 nitrogen and oxygen atoms in total. The second-order valence-corrected chi connectivity index (χ2v) is 6.99. The molecule has 5 heteroatoms. The maximum atomic E-state index is 12.6. The fourth-order valence-electron chi connectivity index (χ4n) is 2.76. The lowest BCUT2D eigenvalue weighted by Gasteiger charge is -2.14. The van der Waals surface area contributed by atoms with Gasteiger partial charge in [0.2, 0.25) is 0 Å². The van der Waals surface area contributed by atoms with Gasteiger partial charge in [0.25, 0.3) is 5.91 Å². The molecule has 0 atom stereocenters. The summed E-state index contributed by atoms with van der Waals surface area (Å²) in [7, 11) is 1.52. The van der Waals surface area contributed by atoms with Crippen LogP contribution < -0.4 is 14.8 Å². The van der Waals surface area contributed by atoms with Gasteiger partial charge in [-0.15, -0.1) is 0 Å². The van der Waals surface area contributed by atoms with E-state index in [0.717, 1.165) is 16.8 Å². The molecule has 144 valence electrons. The lowest BCUT2D eigenvalue weighted by Crippen LogP contribution is -2.12. The summed E-state index contributed by atoms with van der Waals surface area (Å²) < 4.78 is 11.3. The van der Waals surface area contributed by atoms with Gasteiger partial charge >= 0.3 is 0 Å². The number of hydrogen-bond donors (Lipinski definition) is 1. The number of rotatable bonds is 6. The van der Waals surface area contributed by atoms with Gasteiger partial charge in [-0.1, -0.05) is 53.6 Å². The summed E-state index contributed by atoms with van der Waals surface area (Å²) in [5, 5.41) is 3.19. The number of carbonyl (C=O) groups is 1. The van der Waals surface area contributed by atoms with Crippen molar-refractivity contribution < 1.29 is 14.3 Å². The zero-order valence-electron chi connectivity index (χ0n) is 16.1. The number of amides is 1. The van der Waals surface area contributed by atoms with Crippen LogP contribution in [0.25, 0.3) is 0 Å². The van der Waals surface area contributed by atoms with Gasteiger partial charge in [0.1, 0.15) is 6.61 Å². The molecule has 0 saturated carbocycles. The van der Waals surface area contributed by atoms with Gasteiger partial charge < -0.3 is 14.8 Å². The topological polar surface area (TPSA) is 47.6 Å². The normalized spacial score (nSPS) is 10.4. The lowest BCUT2D eigenvalue weighted by atomic mass is 10.1. The van der Waals surface area contributed by atoms with E-state index < -0.39 is 0 Å². The number of nitrogens with one attached hydrogen (secondary N) is 1. The van der Waals surface area contributed by atoms with E-state index in [1.54, 1.807) is 12.1 Å². The van der Waals surface area contributed by atoms with E-state index in [4.69, 9.17) is 21.1 Å². The largest absolute Gasteiger partial charge is 0.493 e. The van der Waals surface area contributed by atoms with Crippen molar-refractivity contribution in [2.24, 2.45) is 0 Å². The van der Waals surface area contributed by atoms with E-state index >= 15 is 0 Å². The molecule has 3 aromatic carbocycles. The van der Waals surface area contributed by atoms with Crippen LogP contribution in [0.4, 0.5) is 5.69 Å². The first-order chi connectivity index (χ1) is 13.5. The Kier molecular flexibility index (Phi) is 6.22. The van der Waals surface area contributed by atoms with Crippen molar-refractivity contribution in [1.82, 2.24) is 0 Å². The number of methoxy groups -OCH3 is 1. The molecule has 0 aliphatic rings. The Balaban J connectivity index is 1.78. The minimum absolute atomic E-state index is 0.268. The molecule has 0 aromatic heterocycles. The van der Waals surface area contributed by atoms with Crippen molar-refractivity contribution in [3.8, 4) is 11.5 Å². The van der Waals surface area contributed by atoms with Crippen LogP contribution in [-0.2, 0) is 6.61 Å². The number of anilines is 1. The molecule has 0 radical (unpaired) electrons. The highest BCUT2D eigenvalue weighted by atomic mass is 35.5. The van der Waals surface area contributed by atoms with Crippen molar-refractivity contribution in [2.75, 3.05) is 12.4 Å². The van der Waals surface area contributed by atoms with Crippen molar-refractivity contribution in [3.63, 3.8) is 0 Å². The van der Waals surface area contributed by atoms with Gasteiger partial charge in [-0.2, -0.15) is 0 Å². The van der Waals surface area contributed by atoms with E-state index in [2.05, 4.69) is 5.32 Å². The average molecular weight is 396 g/mol. The zero-order valence-corrected chi connectivity index (χ0v) is 16.8. The summed E-state index contributed by atoms with van der Waals surface area (Å²) in [6.45, 7) is 4.35. The molecular weight excluding hydrogens is 374 g/mol. The molecule has 0 heterocycles. The van der Waals surface area contributed by atoms with E-state index in [0.29, 0.717) is 28.7 Å². The van der Waals surface area contributed by atoms with Crippen LogP contribution in [0.15, 0.2) is 60.7 Å². The standard InChI is InChI=1S/C23H22ClNO3/c1-15-7-9-17(10-8-15)14-28-22-20(24)12-18(13-21(22)27-3)23(26)25-19-6-4-5-16(2)11-19/h4-13H,14H2,1-3H3,(H,25,26). The van der Waals surface area contributed by atoms with E-state index in [-0.39, 0.29) is 5.91 Å². The monoisotopic (exact) mass is 395 g/mol. The van der Waals surface area contributed by atoms with Crippen molar-refractivity contribution in [3.05, 3.63) is 87.9 Å². The fourth-order valence-corrected chi connectivity index (χ4v) is 3.02. The van der Waals surface area contributed by atoms with Gasteiger partial charge in [-0.3, -0.25) is 4.79 Å². The van der Waals surface area contributed by atoms with Gasteiger partial charge in [0.05, 0.1) is 12.1 Å². The lowest BCUT2D eigenvalue weighted by molar-refractivity contribution is 0.102. The molecule has 0 aliphatic heterocycles. The molecule has 1 N–H and O–H groups in total. The Morgan fingerprint density at radius 3 is 2.43 bits per heavy atom. The van der Waals surface area contributed by atoms with Crippen LogP contribution in [0.2, 0.25) is 5.02 Å². The van der Waals surface area contributed by atoms with Crippen LogP contribution in [0.3, 0.4) is 0 Å². The predicted octanol–water partition coefficient (Wildman–Crippen LogP) is 5.80. The zero-order chi connectivity index (χ0) is 20.1. The molecule has 0 bridgehead atoms. The summed E-state index contributed by atoms with van der Waals surface area (Å²) in [5.74, 6) is 0.557. The van der Waals surface area contributed by atoms with Crippen molar-refractivity contribution in [1.29, 1.82) is 0 Å². The number of halogens is 1. The molecule has 3 aromatic rings. The van der Waals surface area contributed by atoms with Crippen molar-refractivity contribution >= 4 is 23.2 Å². The highest BCUT2D eigenvalue weighted by Crippen LogP contribution is 2.37. The molecule has 1 amide bonds. The third-order valence-corrected chi connectivity index (χ3v) is 4.55. The van der Waals surface area contributed by atoms with Crippen LogP contribution in [0.1, 0.15) is 27.0 Å². The van der Waals surface area contributed by atoms with E-state index in [1.807, 2.05) is 62.4 Å². The van der Waals surface area contributed by atoms with Crippen LogP contribution in [0, 0.1) is 13.8 Å². The molecule has 0 fully saturated rings. The van der Waals surface area contributed by atoms with Crippen molar-refractivity contribution in [2.45, 2.75) is 20.5 Å². The average Bonchev–Trinajstić information content (AvgIpc) is 2.67. The molecule has 0 aliphatic carbocycles. The Hall–Kier alpha value is -2.98. The van der Waals surface area contributed by atoms with Gasteiger partial charge in [0, 0.05) is 11.3 Å². The van der Waals surface area contributed by atoms with Crippen LogP contribution >= 0.6 is 11.6 Å². The molecule has 3 rings (SSSR count). The first-order valence-electron chi connectivity index (χ1n) is 8.90. The maximum absolute atomic E-state index is 12.6. The number of carbonyl (C=O) groups excluding carboxylic acids is 1. The summed E-state index contributed by atoms with van der Waals surface area (Å²) in [6, 6.07) is 18.8. The van der Waals surface area contributed by atoms with Crippen LogP contribution in [0.5, 0.6) is 11.5 Å². The van der Waals surface area contributed by atoms with Gasteiger partial charge in [0.15, 0.2) is 11.5 Å². The third kappa shape index (κ3) is 4.84. The highest BCUT2D eigenvalue weighted by molar-refractivity contribution is 6.32. The second kappa shape index (κ2) is 8.81. The molecular formula is C23H22ClNO3. The number of ether oxygens (including phenoxy) is 2. The van der Waals surface area contributed by atoms with Gasteiger partial charge in [-0.05, 0) is 49.2 Å². The Bertz CT molecular complexity index is 984. The number of aryl methyl sites for hydroxylation is 2. The summed E-state index contributed by atoms with van der Waals surface area (Å²) in [5.41, 5.74) is 4.38. The summed E-state index contributed by atoms with van der Waals surface area (Å²) in [6.07, 6.45) is 0. The first kappa shape index (κ1) is 19.8. The minimum Gasteiger partial charge on any atom is -0.493 e. The second-order valence-electron chi connectivity index (χ2n) is 6.59. The Morgan fingerprint density at radius 2 is 1.75 bits per heavy atom. The summed E-state index contributed by atoms with van der Waals surface area (Å²) in [4.78, 5) is 12.6. The molecule has 28 heavy (non-hydrogen) atoms. The molecule has 0 saturated heterocycles. The quantitative estimate of drug-likeness (QED) is 0.574. The van der Waals surface area contributed by atoms with Gasteiger partial charge in [-0.25, -0.2) is 0 Å². The van der Waals surface area contributed by atoms with E-state index in [1.165, 1.54) is 12.7 Å². The highest BCUT2D eigenvalue weighted by Gasteiger charge is 2.16.